The highest BCUT2D eigenvalue weighted by Crippen LogP contribution is 2.06. The average Bonchev–Trinajstić information content (AvgIpc) is 2.12. The van der Waals surface area contributed by atoms with Crippen molar-refractivity contribution >= 4 is 0 Å². The lowest BCUT2D eigenvalue weighted by molar-refractivity contribution is 0.0931. The number of aliphatic hydroxyl groups excluding tert-OH is 1. The maximum atomic E-state index is 9.07. The van der Waals surface area contributed by atoms with E-state index in [9.17, 15) is 0 Å². The molecule has 0 fully saturated rings. The number of nitrogens with zero attached hydrogens (tertiary/aromatic N) is 1. The Morgan fingerprint density at radius 1 is 1.50 bits per heavy atom. The standard InChI is InChI=1S/C10H24N2O2/c1-9(2)12(5-6-14-4)7-10(3,11)8-13/h9,13H,5-8,11H2,1-4H3. The Kier molecular flexibility index (Phi) is 6.27. The van der Waals surface area contributed by atoms with Crippen LogP contribution in [0.25, 0.3) is 0 Å². The Balaban J connectivity index is 4.08. The van der Waals surface area contributed by atoms with Gasteiger partial charge in [0.2, 0.25) is 0 Å². The van der Waals surface area contributed by atoms with Crippen LogP contribution in [-0.2, 0) is 4.74 Å². The van der Waals surface area contributed by atoms with Crippen molar-refractivity contribution in [3.63, 3.8) is 0 Å². The molecule has 0 heterocycles. The smallest absolute Gasteiger partial charge is 0.0621 e. The predicted molar refractivity (Wildman–Crippen MR) is 58.3 cm³/mol. The third-order valence-corrected chi connectivity index (χ3v) is 2.24. The van der Waals surface area contributed by atoms with Crippen molar-refractivity contribution in [1.29, 1.82) is 0 Å². The Labute approximate surface area is 87.0 Å². The van der Waals surface area contributed by atoms with Crippen molar-refractivity contribution in [1.82, 2.24) is 4.90 Å². The Morgan fingerprint density at radius 2 is 2.07 bits per heavy atom. The van der Waals surface area contributed by atoms with Gasteiger partial charge in [0.25, 0.3) is 0 Å². The predicted octanol–water partition coefficient (Wildman–Crippen LogP) is 0.0529. The summed E-state index contributed by atoms with van der Waals surface area (Å²) in [6, 6.07) is 0.416. The van der Waals surface area contributed by atoms with Crippen LogP contribution < -0.4 is 5.73 Å². The van der Waals surface area contributed by atoms with E-state index in [4.69, 9.17) is 15.6 Å². The lowest BCUT2D eigenvalue weighted by Gasteiger charge is -2.33. The number of nitrogens with two attached hydrogens (primary N) is 1. The molecule has 0 saturated heterocycles. The second-order valence-corrected chi connectivity index (χ2v) is 4.37. The van der Waals surface area contributed by atoms with Gasteiger partial charge in [-0.25, -0.2) is 0 Å². The molecule has 1 atom stereocenters. The molecule has 0 saturated carbocycles. The number of aliphatic hydroxyl groups is 1. The molecular weight excluding hydrogens is 180 g/mol. The zero-order chi connectivity index (χ0) is 11.2. The monoisotopic (exact) mass is 204 g/mol. The molecule has 0 aromatic heterocycles. The highest BCUT2D eigenvalue weighted by Gasteiger charge is 2.22. The molecule has 0 aliphatic carbocycles. The van der Waals surface area contributed by atoms with Gasteiger partial charge in [-0.1, -0.05) is 0 Å². The Morgan fingerprint density at radius 3 is 2.43 bits per heavy atom. The minimum absolute atomic E-state index is 0.00318. The first-order chi connectivity index (χ1) is 6.43. The number of methoxy groups -OCH3 is 1. The van der Waals surface area contributed by atoms with Gasteiger partial charge in [-0.2, -0.15) is 0 Å². The van der Waals surface area contributed by atoms with Crippen LogP contribution in [0.15, 0.2) is 0 Å². The minimum Gasteiger partial charge on any atom is -0.394 e. The van der Waals surface area contributed by atoms with Gasteiger partial charge in [-0.05, 0) is 20.8 Å². The van der Waals surface area contributed by atoms with Crippen molar-refractivity contribution in [2.45, 2.75) is 32.4 Å². The molecule has 0 spiro atoms. The van der Waals surface area contributed by atoms with Gasteiger partial charge >= 0.3 is 0 Å². The van der Waals surface area contributed by atoms with Gasteiger partial charge in [-0.3, -0.25) is 4.90 Å². The molecule has 0 aliphatic rings. The number of hydrogen-bond donors (Lipinski definition) is 2. The van der Waals surface area contributed by atoms with E-state index in [-0.39, 0.29) is 6.61 Å². The van der Waals surface area contributed by atoms with Crippen molar-refractivity contribution in [3.05, 3.63) is 0 Å². The molecule has 4 nitrogen and oxygen atoms in total. The van der Waals surface area contributed by atoms with Crippen molar-refractivity contribution < 1.29 is 9.84 Å². The lowest BCUT2D eigenvalue weighted by Crippen LogP contribution is -2.53. The molecule has 0 rings (SSSR count). The largest absolute Gasteiger partial charge is 0.394 e. The third kappa shape index (κ3) is 5.54. The molecule has 0 aliphatic heterocycles. The van der Waals surface area contributed by atoms with Crippen molar-refractivity contribution in [2.24, 2.45) is 5.73 Å². The number of ether oxygens (including phenoxy) is 1. The second kappa shape index (κ2) is 6.35. The summed E-state index contributed by atoms with van der Waals surface area (Å²) in [5.41, 5.74) is 5.36. The molecule has 0 aromatic rings. The average molecular weight is 204 g/mol. The van der Waals surface area contributed by atoms with Crippen LogP contribution >= 0.6 is 0 Å². The van der Waals surface area contributed by atoms with Gasteiger partial charge < -0.3 is 15.6 Å². The van der Waals surface area contributed by atoms with E-state index in [0.29, 0.717) is 19.2 Å². The fourth-order valence-electron chi connectivity index (χ4n) is 1.24. The summed E-state index contributed by atoms with van der Waals surface area (Å²) in [5, 5.41) is 9.07. The van der Waals surface area contributed by atoms with Crippen LogP contribution in [0.5, 0.6) is 0 Å². The third-order valence-electron chi connectivity index (χ3n) is 2.24. The molecule has 0 bridgehead atoms. The Bertz CT molecular complexity index is 149. The van der Waals surface area contributed by atoms with Crippen LogP contribution in [-0.4, -0.2) is 55.0 Å². The quantitative estimate of drug-likeness (QED) is 0.615. The fourth-order valence-corrected chi connectivity index (χ4v) is 1.24. The van der Waals surface area contributed by atoms with Crippen LogP contribution in [0.3, 0.4) is 0 Å². The fraction of sp³-hybridized carbons (Fsp3) is 1.00. The SMILES string of the molecule is COCCN(CC(C)(N)CO)C(C)C. The first-order valence-corrected chi connectivity index (χ1v) is 5.05. The van der Waals surface area contributed by atoms with E-state index >= 15 is 0 Å². The van der Waals surface area contributed by atoms with Gasteiger partial charge in [0, 0.05) is 31.8 Å². The molecule has 0 aromatic carbocycles. The number of hydrogen-bond acceptors (Lipinski definition) is 4. The molecule has 1 unspecified atom stereocenters. The zero-order valence-electron chi connectivity index (χ0n) is 9.79. The summed E-state index contributed by atoms with van der Waals surface area (Å²) in [4.78, 5) is 2.21. The summed E-state index contributed by atoms with van der Waals surface area (Å²) in [6.07, 6.45) is 0. The molecule has 3 N–H and O–H groups in total. The summed E-state index contributed by atoms with van der Waals surface area (Å²) in [6.45, 7) is 8.32. The van der Waals surface area contributed by atoms with E-state index < -0.39 is 5.54 Å². The summed E-state index contributed by atoms with van der Waals surface area (Å²) in [7, 11) is 1.69. The molecule has 4 heteroatoms. The van der Waals surface area contributed by atoms with Crippen LogP contribution in [0.1, 0.15) is 20.8 Å². The molecule has 0 radical (unpaired) electrons. The van der Waals surface area contributed by atoms with Crippen molar-refractivity contribution in [2.75, 3.05) is 33.4 Å². The van der Waals surface area contributed by atoms with Gasteiger partial charge in [-0.15, -0.1) is 0 Å². The van der Waals surface area contributed by atoms with E-state index in [0.717, 1.165) is 6.54 Å². The van der Waals surface area contributed by atoms with Gasteiger partial charge in [0.15, 0.2) is 0 Å². The topological polar surface area (TPSA) is 58.7 Å². The summed E-state index contributed by atoms with van der Waals surface area (Å²) in [5.74, 6) is 0. The highest BCUT2D eigenvalue weighted by atomic mass is 16.5. The van der Waals surface area contributed by atoms with E-state index in [1.165, 1.54) is 0 Å². The van der Waals surface area contributed by atoms with Gasteiger partial charge in [0.05, 0.1) is 13.2 Å². The Hall–Kier alpha value is -0.160. The first kappa shape index (κ1) is 13.8. The van der Waals surface area contributed by atoms with E-state index in [1.807, 2.05) is 6.92 Å². The molecule has 86 valence electrons. The zero-order valence-corrected chi connectivity index (χ0v) is 9.79. The maximum absolute atomic E-state index is 9.07. The van der Waals surface area contributed by atoms with Gasteiger partial charge in [0.1, 0.15) is 0 Å². The molecule has 14 heavy (non-hydrogen) atoms. The first-order valence-electron chi connectivity index (χ1n) is 5.05. The second-order valence-electron chi connectivity index (χ2n) is 4.37. The minimum atomic E-state index is -0.530. The maximum Gasteiger partial charge on any atom is 0.0621 e. The van der Waals surface area contributed by atoms with Crippen LogP contribution in [0, 0.1) is 0 Å². The molecular formula is C10H24N2O2. The molecule has 0 amide bonds. The highest BCUT2D eigenvalue weighted by molar-refractivity contribution is 4.83. The lowest BCUT2D eigenvalue weighted by atomic mass is 10.0. The van der Waals surface area contributed by atoms with E-state index in [2.05, 4.69) is 18.7 Å². The number of rotatable bonds is 7. The van der Waals surface area contributed by atoms with E-state index in [1.54, 1.807) is 7.11 Å². The summed E-state index contributed by atoms with van der Waals surface area (Å²) >= 11 is 0. The van der Waals surface area contributed by atoms with Crippen molar-refractivity contribution in [3.8, 4) is 0 Å². The van der Waals surface area contributed by atoms with Crippen LogP contribution in [0.2, 0.25) is 0 Å². The summed E-state index contributed by atoms with van der Waals surface area (Å²) < 4.78 is 5.03. The normalized spacial score (nSPS) is 16.3. The van der Waals surface area contributed by atoms with Crippen LogP contribution in [0.4, 0.5) is 0 Å².